The Bertz CT molecular complexity index is 1290. The quantitative estimate of drug-likeness (QED) is 0.408. The van der Waals surface area contributed by atoms with Crippen molar-refractivity contribution in [1.82, 2.24) is 0 Å². The lowest BCUT2D eigenvalue weighted by atomic mass is 9.84. The van der Waals surface area contributed by atoms with Gasteiger partial charge in [0.05, 0.1) is 10.1 Å². The Labute approximate surface area is 187 Å². The van der Waals surface area contributed by atoms with E-state index in [1.54, 1.807) is 11.3 Å². The van der Waals surface area contributed by atoms with Crippen molar-refractivity contribution in [3.05, 3.63) is 77.0 Å². The molecule has 0 fully saturated rings. The Morgan fingerprint density at radius 2 is 1.84 bits per heavy atom. The van der Waals surface area contributed by atoms with Crippen molar-refractivity contribution < 1.29 is 17.5 Å². The third-order valence-electron chi connectivity index (χ3n) is 5.85. The maximum atomic E-state index is 11.0. The van der Waals surface area contributed by atoms with Gasteiger partial charge in [0.1, 0.15) is 4.70 Å². The highest BCUT2D eigenvalue weighted by atomic mass is 32.2. The number of fused-ring (bicyclic) bond motifs is 2. The lowest BCUT2D eigenvalue weighted by Crippen LogP contribution is -2.35. The Morgan fingerprint density at radius 1 is 1.13 bits per heavy atom. The average Bonchev–Trinajstić information content (AvgIpc) is 3.15. The third-order valence-corrected chi connectivity index (χ3v) is 7.77. The van der Waals surface area contributed by atoms with Gasteiger partial charge in [-0.15, -0.1) is 0 Å². The molecule has 1 aliphatic heterocycles. The number of anilines is 1. The summed E-state index contributed by atoms with van der Waals surface area (Å²) in [7, 11) is -2.12. The molecule has 0 atom stereocenters. The van der Waals surface area contributed by atoms with Gasteiger partial charge in [0.15, 0.2) is 6.54 Å². The second kappa shape index (κ2) is 8.22. The summed E-state index contributed by atoms with van der Waals surface area (Å²) in [5.41, 5.74) is 4.72. The number of rotatable bonds is 6. The van der Waals surface area contributed by atoms with Gasteiger partial charge in [-0.05, 0) is 23.8 Å². The third kappa shape index (κ3) is 4.31. The fourth-order valence-corrected chi connectivity index (χ4v) is 5.91. The lowest BCUT2D eigenvalue weighted by Gasteiger charge is -2.23. The van der Waals surface area contributed by atoms with Gasteiger partial charge in [-0.3, -0.25) is 0 Å². The minimum Gasteiger partial charge on any atom is -0.748 e. The highest BCUT2D eigenvalue weighted by Gasteiger charge is 2.37. The predicted molar refractivity (Wildman–Crippen MR) is 126 cm³/mol. The zero-order chi connectivity index (χ0) is 22.2. The van der Waals surface area contributed by atoms with E-state index in [0.29, 0.717) is 13.0 Å². The molecule has 0 bridgehead atoms. The molecule has 2 heterocycles. The first kappa shape index (κ1) is 21.7. The molecule has 0 spiro atoms. The molecule has 0 saturated heterocycles. The molecule has 3 aromatic rings. The van der Waals surface area contributed by atoms with Crippen LogP contribution in [0.1, 0.15) is 30.8 Å². The van der Waals surface area contributed by atoms with Gasteiger partial charge in [0.25, 0.3) is 5.01 Å². The first-order chi connectivity index (χ1) is 14.7. The number of allylic oxidation sites excluding steroid dienone is 3. The van der Waals surface area contributed by atoms with Gasteiger partial charge in [-0.25, -0.2) is 8.42 Å². The highest BCUT2D eigenvalue weighted by Crippen LogP contribution is 2.46. The molecule has 7 heteroatoms. The molecule has 2 aromatic carbocycles. The molecule has 0 unspecified atom stereocenters. The van der Waals surface area contributed by atoms with Crippen LogP contribution in [0.15, 0.2) is 66.4 Å². The predicted octanol–water partition coefficient (Wildman–Crippen LogP) is 4.45. The minimum absolute atomic E-state index is 0.0890. The average molecular weight is 455 g/mol. The molecule has 0 saturated carbocycles. The molecule has 0 radical (unpaired) electrons. The van der Waals surface area contributed by atoms with E-state index >= 15 is 0 Å². The van der Waals surface area contributed by atoms with Crippen LogP contribution in [-0.4, -0.2) is 25.8 Å². The summed E-state index contributed by atoms with van der Waals surface area (Å²) < 4.78 is 36.3. The van der Waals surface area contributed by atoms with Crippen molar-refractivity contribution in [1.29, 1.82) is 0 Å². The standard InChI is InChI=1S/C24H26N2O3S2/c1-24(2)18-10-4-5-11-19(18)25(3)22(24)14-8-15-23-26(16-9-17-31(27,28)29)20-12-6-7-13-21(20)30-23/h4-8,10-15H,9,16-17H2,1-3H3. The van der Waals surface area contributed by atoms with Gasteiger partial charge in [0, 0.05) is 48.2 Å². The number of likely N-dealkylation sites (N-methyl/N-ethyl adjacent to an activating group) is 1. The monoisotopic (exact) mass is 454 g/mol. The Kier molecular flexibility index (Phi) is 5.77. The number of benzene rings is 2. The molecule has 4 rings (SSSR count). The molecule has 1 aromatic heterocycles. The van der Waals surface area contributed by atoms with E-state index in [4.69, 9.17) is 0 Å². The van der Waals surface area contributed by atoms with Crippen LogP contribution in [0.5, 0.6) is 0 Å². The van der Waals surface area contributed by atoms with Crippen LogP contribution in [0.3, 0.4) is 0 Å². The summed E-state index contributed by atoms with van der Waals surface area (Å²) in [5, 5.41) is 1.03. The van der Waals surface area contributed by atoms with E-state index < -0.39 is 10.1 Å². The topological polar surface area (TPSA) is 64.3 Å². The number of thiazole rings is 1. The van der Waals surface area contributed by atoms with Crippen LogP contribution in [-0.2, 0) is 22.1 Å². The minimum atomic E-state index is -4.21. The van der Waals surface area contributed by atoms with Crippen LogP contribution in [0.25, 0.3) is 16.3 Å². The van der Waals surface area contributed by atoms with Crippen molar-refractivity contribution in [3.63, 3.8) is 0 Å². The van der Waals surface area contributed by atoms with E-state index in [2.05, 4.69) is 78.9 Å². The summed E-state index contributed by atoms with van der Waals surface area (Å²) >= 11 is 1.66. The fourth-order valence-electron chi connectivity index (χ4n) is 4.33. The normalized spacial score (nSPS) is 17.2. The highest BCUT2D eigenvalue weighted by molar-refractivity contribution is 7.85. The molecule has 0 N–H and O–H groups in total. The van der Waals surface area contributed by atoms with E-state index in [0.717, 1.165) is 15.2 Å². The molecule has 5 nitrogen and oxygen atoms in total. The number of nitrogens with zero attached hydrogens (tertiary/aromatic N) is 2. The molecular formula is C24H26N2O3S2. The Morgan fingerprint density at radius 3 is 2.58 bits per heavy atom. The smallest absolute Gasteiger partial charge is 0.262 e. The van der Waals surface area contributed by atoms with E-state index in [9.17, 15) is 13.0 Å². The van der Waals surface area contributed by atoms with Crippen LogP contribution >= 0.6 is 11.3 Å². The largest absolute Gasteiger partial charge is 0.748 e. The molecule has 31 heavy (non-hydrogen) atoms. The zero-order valence-corrected chi connectivity index (χ0v) is 19.5. The zero-order valence-electron chi connectivity index (χ0n) is 17.9. The summed E-state index contributed by atoms with van der Waals surface area (Å²) in [6.45, 7) is 4.95. The van der Waals surface area contributed by atoms with Crippen molar-refractivity contribution in [2.75, 3.05) is 17.7 Å². The molecule has 0 amide bonds. The van der Waals surface area contributed by atoms with Gasteiger partial charge in [-0.1, -0.05) is 61.6 Å². The number of aryl methyl sites for hydroxylation is 1. The van der Waals surface area contributed by atoms with E-state index in [-0.39, 0.29) is 11.2 Å². The van der Waals surface area contributed by atoms with E-state index in [1.807, 2.05) is 18.2 Å². The fraction of sp³-hybridized carbons (Fsp3) is 0.292. The second-order valence-electron chi connectivity index (χ2n) is 8.29. The van der Waals surface area contributed by atoms with E-state index in [1.165, 1.54) is 16.9 Å². The second-order valence-corrected chi connectivity index (χ2v) is 10.9. The summed E-state index contributed by atoms with van der Waals surface area (Å²) in [6, 6.07) is 16.5. The summed E-state index contributed by atoms with van der Waals surface area (Å²) in [6.07, 6.45) is 6.57. The van der Waals surface area contributed by atoms with Crippen LogP contribution in [0.2, 0.25) is 0 Å². The van der Waals surface area contributed by atoms with Crippen molar-refractivity contribution >= 4 is 43.4 Å². The molecule has 1 aliphatic rings. The summed E-state index contributed by atoms with van der Waals surface area (Å²) in [4.78, 5) is 2.23. The van der Waals surface area contributed by atoms with Crippen LogP contribution < -0.4 is 9.47 Å². The lowest BCUT2D eigenvalue weighted by molar-refractivity contribution is -0.668. The first-order valence-electron chi connectivity index (χ1n) is 10.3. The first-order valence-corrected chi connectivity index (χ1v) is 12.6. The molecule has 162 valence electrons. The Hall–Kier alpha value is -2.48. The van der Waals surface area contributed by atoms with Crippen LogP contribution in [0, 0.1) is 0 Å². The SMILES string of the molecule is CN1C(=CC=Cc2sc3ccccc3[n+]2CCCS(=O)(=O)[O-])C(C)(C)c2ccccc21. The molecular weight excluding hydrogens is 428 g/mol. The molecule has 0 aliphatic carbocycles. The van der Waals surface area contributed by atoms with Gasteiger partial charge in [-0.2, -0.15) is 4.57 Å². The van der Waals surface area contributed by atoms with Crippen molar-refractivity contribution in [3.8, 4) is 0 Å². The van der Waals surface area contributed by atoms with Crippen molar-refractivity contribution in [2.24, 2.45) is 0 Å². The van der Waals surface area contributed by atoms with Gasteiger partial charge in [0.2, 0.25) is 5.52 Å². The van der Waals surface area contributed by atoms with Crippen molar-refractivity contribution in [2.45, 2.75) is 32.2 Å². The number of hydrogen-bond acceptors (Lipinski definition) is 5. The maximum absolute atomic E-state index is 11.0. The van der Waals surface area contributed by atoms with Gasteiger partial charge >= 0.3 is 0 Å². The van der Waals surface area contributed by atoms with Crippen LogP contribution in [0.4, 0.5) is 5.69 Å². The maximum Gasteiger partial charge on any atom is 0.262 e. The van der Waals surface area contributed by atoms with Gasteiger partial charge < -0.3 is 9.45 Å². The number of hydrogen-bond donors (Lipinski definition) is 0. The number of para-hydroxylation sites is 2. The Balaban J connectivity index is 1.65. The number of aromatic nitrogens is 1. The summed E-state index contributed by atoms with van der Waals surface area (Å²) in [5.74, 6) is -0.353.